The van der Waals surface area contributed by atoms with Gasteiger partial charge in [0.25, 0.3) is 0 Å². The Kier molecular flexibility index (Phi) is 72.7. The Bertz CT molecular complexity index is 1530. The van der Waals surface area contributed by atoms with Crippen LogP contribution in [0.2, 0.25) is 0 Å². The number of carbonyl (C=O) groups excluding carboxylic acids is 4. The molecule has 0 bridgehead atoms. The zero-order valence-corrected chi connectivity index (χ0v) is 60.9. The van der Waals surface area contributed by atoms with Gasteiger partial charge in [-0.2, -0.15) is 0 Å². The van der Waals surface area contributed by atoms with Crippen LogP contribution < -0.4 is 0 Å². The summed E-state index contributed by atoms with van der Waals surface area (Å²) in [7, 11) is 0. The molecule has 0 aliphatic heterocycles. The second-order valence-corrected chi connectivity index (χ2v) is 28.0. The highest BCUT2D eigenvalue weighted by Gasteiger charge is 2.19. The molecule has 0 fully saturated rings. The van der Waals surface area contributed by atoms with Gasteiger partial charge in [-0.1, -0.05) is 258 Å². The maximum atomic E-state index is 13.1. The number of ether oxygens (including phenoxy) is 4. The van der Waals surface area contributed by atoms with Crippen molar-refractivity contribution in [3.8, 4) is 0 Å². The average Bonchev–Trinajstić information content (AvgIpc) is 3.77. The predicted octanol–water partition coefficient (Wildman–Crippen LogP) is 22.4. The molecule has 92 heavy (non-hydrogen) atoms. The minimum atomic E-state index is -0.0771. The highest BCUT2D eigenvalue weighted by molar-refractivity contribution is 5.70. The fourth-order valence-corrected chi connectivity index (χ4v) is 13.0. The van der Waals surface area contributed by atoms with E-state index in [4.69, 9.17) is 29.2 Å². The lowest BCUT2D eigenvalue weighted by Crippen LogP contribution is -2.18. The molecule has 0 aliphatic carbocycles. The molecule has 0 rings (SSSR count). The molecule has 0 aromatic rings. The van der Waals surface area contributed by atoms with Crippen molar-refractivity contribution in [2.24, 2.45) is 0 Å². The molecule has 0 radical (unpaired) electrons. The van der Waals surface area contributed by atoms with Gasteiger partial charge in [-0.25, -0.2) is 0 Å². The van der Waals surface area contributed by atoms with E-state index in [0.29, 0.717) is 25.7 Å². The Morgan fingerprint density at radius 2 is 0.326 bits per heavy atom. The Balaban J connectivity index is 4.58. The lowest BCUT2D eigenvalue weighted by atomic mass is 10.0. The first-order chi connectivity index (χ1) is 45.2. The van der Waals surface area contributed by atoms with Gasteiger partial charge in [-0.15, -0.1) is 0 Å². The summed E-state index contributed by atoms with van der Waals surface area (Å²) < 4.78 is 24.3. The average molecular weight is 1310 g/mol. The van der Waals surface area contributed by atoms with E-state index in [2.05, 4.69) is 13.8 Å². The van der Waals surface area contributed by atoms with Crippen LogP contribution >= 0.6 is 0 Å². The molecule has 0 saturated heterocycles. The van der Waals surface area contributed by atoms with Crippen molar-refractivity contribution in [3.63, 3.8) is 0 Å². The molecule has 0 heterocycles. The van der Waals surface area contributed by atoms with Crippen LogP contribution in [0.5, 0.6) is 0 Å². The fraction of sp³-hybridized carbons (Fsp3) is 0.950. The molecule has 4 atom stereocenters. The van der Waals surface area contributed by atoms with Crippen LogP contribution in [-0.2, 0) is 38.1 Å². The Hall–Kier alpha value is -2.28. The first kappa shape index (κ1) is 89.7. The van der Waals surface area contributed by atoms with Gasteiger partial charge < -0.3 is 39.4 Å². The van der Waals surface area contributed by atoms with Gasteiger partial charge in [-0.05, 0) is 154 Å². The smallest absolute Gasteiger partial charge is 0.306 e. The number of hydrogen-bond donors (Lipinski definition) is 4. The highest BCUT2D eigenvalue weighted by Crippen LogP contribution is 2.24. The summed E-state index contributed by atoms with van der Waals surface area (Å²) in [6.45, 7) is 5.48. The van der Waals surface area contributed by atoms with Crippen LogP contribution in [0.25, 0.3) is 0 Å². The highest BCUT2D eigenvalue weighted by atomic mass is 16.6. The summed E-state index contributed by atoms with van der Waals surface area (Å²) in [5.74, 6) is -0.221. The third kappa shape index (κ3) is 67.7. The van der Waals surface area contributed by atoms with Gasteiger partial charge in [0, 0.05) is 52.1 Å². The van der Waals surface area contributed by atoms with Crippen LogP contribution in [0.4, 0.5) is 0 Å². The molecule has 0 amide bonds. The monoisotopic (exact) mass is 1310 g/mol. The molecule has 12 nitrogen and oxygen atoms in total. The third-order valence-corrected chi connectivity index (χ3v) is 19.0. The molecular weight excluding hydrogens is 1150 g/mol. The van der Waals surface area contributed by atoms with Crippen molar-refractivity contribution < 1.29 is 58.6 Å². The van der Waals surface area contributed by atoms with Gasteiger partial charge >= 0.3 is 23.9 Å². The second kappa shape index (κ2) is 74.5. The summed E-state index contributed by atoms with van der Waals surface area (Å²) in [5.41, 5.74) is 0. The van der Waals surface area contributed by atoms with Crippen molar-refractivity contribution in [3.05, 3.63) is 0 Å². The molecule has 0 aromatic carbocycles. The first-order valence-electron chi connectivity index (χ1n) is 40.4. The lowest BCUT2D eigenvalue weighted by molar-refractivity contribution is -0.151. The van der Waals surface area contributed by atoms with E-state index >= 15 is 0 Å². The van der Waals surface area contributed by atoms with E-state index < -0.39 is 0 Å². The van der Waals surface area contributed by atoms with Gasteiger partial charge in [0.2, 0.25) is 0 Å². The Labute approximate surface area is 568 Å². The lowest BCUT2D eigenvalue weighted by Gasteiger charge is -2.19. The summed E-state index contributed by atoms with van der Waals surface area (Å²) in [6.07, 6.45) is 68.9. The molecular formula is C80H154O12. The van der Waals surface area contributed by atoms with E-state index in [9.17, 15) is 29.4 Å². The second-order valence-electron chi connectivity index (χ2n) is 28.0. The summed E-state index contributed by atoms with van der Waals surface area (Å²) in [5, 5.41) is 36.6. The maximum Gasteiger partial charge on any atom is 0.306 e. The largest absolute Gasteiger partial charge is 0.462 e. The number of aliphatic hydroxyl groups excluding tert-OH is 4. The van der Waals surface area contributed by atoms with E-state index in [1.54, 1.807) is 0 Å². The fourth-order valence-electron chi connectivity index (χ4n) is 13.0. The Morgan fingerprint density at radius 3 is 0.489 bits per heavy atom. The molecule has 546 valence electrons. The van der Waals surface area contributed by atoms with Crippen LogP contribution in [0.3, 0.4) is 0 Å². The Morgan fingerprint density at radius 1 is 0.196 bits per heavy atom. The molecule has 0 saturated carbocycles. The van der Waals surface area contributed by atoms with Crippen LogP contribution in [0, 0.1) is 0 Å². The maximum absolute atomic E-state index is 13.1. The SMILES string of the molecule is CCCCCCCCCCCCCCCC(=O)O[C@H](CCCCCCO)CCCCCCCCC(=O)O[C@H](CCCCCC)CCCCCCCCC(=O)O[C@H](CCCCCCO)CCCCCCCCC(=O)O[C@H](CCCCCCO)CCCCCCCCCO. The zero-order chi connectivity index (χ0) is 66.9. The molecule has 0 aromatic heterocycles. The minimum absolute atomic E-state index is 0.00154. The molecule has 0 unspecified atom stereocenters. The topological polar surface area (TPSA) is 186 Å². The molecule has 4 N–H and O–H groups in total. The first-order valence-corrected chi connectivity index (χ1v) is 40.4. The zero-order valence-electron chi connectivity index (χ0n) is 60.9. The van der Waals surface area contributed by atoms with Crippen molar-refractivity contribution in [2.75, 3.05) is 26.4 Å². The number of esters is 4. The number of aliphatic hydroxyl groups is 4. The molecule has 0 spiro atoms. The predicted molar refractivity (Wildman–Crippen MR) is 384 cm³/mol. The minimum Gasteiger partial charge on any atom is -0.462 e. The van der Waals surface area contributed by atoms with Gasteiger partial charge in [0.05, 0.1) is 0 Å². The number of unbranched alkanes of at least 4 members (excludes halogenated alkanes) is 45. The number of carbonyl (C=O) groups is 4. The quantitative estimate of drug-likeness (QED) is 0.0257. The number of hydrogen-bond acceptors (Lipinski definition) is 12. The van der Waals surface area contributed by atoms with Crippen LogP contribution in [0.1, 0.15) is 438 Å². The van der Waals surface area contributed by atoms with Crippen molar-refractivity contribution >= 4 is 23.9 Å². The van der Waals surface area contributed by atoms with E-state index in [-0.39, 0.29) is 74.7 Å². The van der Waals surface area contributed by atoms with Crippen LogP contribution in [0.15, 0.2) is 0 Å². The van der Waals surface area contributed by atoms with Crippen LogP contribution in [-0.4, -0.2) is 95.1 Å². The molecule has 12 heteroatoms. The van der Waals surface area contributed by atoms with Gasteiger partial charge in [0.1, 0.15) is 24.4 Å². The van der Waals surface area contributed by atoms with Crippen molar-refractivity contribution in [2.45, 2.75) is 462 Å². The summed E-state index contributed by atoms with van der Waals surface area (Å²) in [4.78, 5) is 51.9. The summed E-state index contributed by atoms with van der Waals surface area (Å²) in [6, 6.07) is 0. The number of rotatable bonds is 77. The third-order valence-electron chi connectivity index (χ3n) is 19.0. The van der Waals surface area contributed by atoms with E-state index in [1.807, 2.05) is 0 Å². The van der Waals surface area contributed by atoms with Gasteiger partial charge in [0.15, 0.2) is 0 Å². The normalized spacial score (nSPS) is 12.9. The van der Waals surface area contributed by atoms with E-state index in [0.717, 1.165) is 289 Å². The van der Waals surface area contributed by atoms with Crippen molar-refractivity contribution in [1.29, 1.82) is 0 Å². The van der Waals surface area contributed by atoms with Crippen molar-refractivity contribution in [1.82, 2.24) is 0 Å². The standard InChI is InChI=1S/C80H154O12/c1-3-5-7-9-10-11-12-13-14-15-18-30-49-65-78(86)91-75(63-47-35-39-55-71-83)60-44-28-20-23-31-50-66-77(85)89-73(57-41-8-6-4-2)58-43-27-19-22-32-51-68-80(88)92-76(64-48-36-40-56-72-84)61-45-29-21-24-33-52-67-79(87)90-74(62-46-34-38-54-70-82)59-42-26-17-16-25-37-53-69-81/h73-76,81-84H,3-72H2,1-2H3/t73-,74+,75+,76+/m1/s1. The summed E-state index contributed by atoms with van der Waals surface area (Å²) >= 11 is 0. The molecule has 0 aliphatic rings. The van der Waals surface area contributed by atoms with Gasteiger partial charge in [-0.3, -0.25) is 19.2 Å². The van der Waals surface area contributed by atoms with E-state index in [1.165, 1.54) is 109 Å².